The van der Waals surface area contributed by atoms with Crippen LogP contribution in [0.25, 0.3) is 0 Å². The number of nitrogens with one attached hydrogen (secondary N) is 1. The summed E-state index contributed by atoms with van der Waals surface area (Å²) in [7, 11) is 0. The van der Waals surface area contributed by atoms with E-state index in [1.165, 1.54) is 0 Å². The number of alkyl halides is 3. The fourth-order valence-corrected chi connectivity index (χ4v) is 1.24. The Balaban J connectivity index is 3.69. The largest absolute Gasteiger partial charge is 0.478 e. The van der Waals surface area contributed by atoms with E-state index < -0.39 is 34.8 Å². The first kappa shape index (κ1) is 14.3. The van der Waals surface area contributed by atoms with E-state index in [0.717, 1.165) is 0 Å². The van der Waals surface area contributed by atoms with Crippen LogP contribution >= 0.6 is 0 Å². The molecule has 0 radical (unpaired) electrons. The number of rotatable bonds is 1. The molecule has 0 bridgehead atoms. The van der Waals surface area contributed by atoms with Crippen LogP contribution in [-0.4, -0.2) is 21.6 Å². The number of pyridine rings is 1. The Morgan fingerprint density at radius 2 is 2.05 bits per heavy atom. The molecule has 0 unspecified atom stereocenters. The van der Waals surface area contributed by atoms with Gasteiger partial charge < -0.3 is 10.9 Å². The van der Waals surface area contributed by atoms with Crippen molar-refractivity contribution in [2.24, 2.45) is 16.1 Å². The van der Waals surface area contributed by atoms with Gasteiger partial charge in [0.25, 0.3) is 11.5 Å². The lowest BCUT2D eigenvalue weighted by atomic mass is 10.1. The Morgan fingerprint density at radius 3 is 2.42 bits per heavy atom. The molecule has 0 aliphatic carbocycles. The molecule has 0 saturated carbocycles. The third-order valence-electron chi connectivity index (χ3n) is 2.02. The van der Waals surface area contributed by atoms with Crippen molar-refractivity contribution < 1.29 is 23.1 Å². The molecule has 1 aromatic rings. The van der Waals surface area contributed by atoms with Crippen molar-refractivity contribution in [3.8, 4) is 0 Å². The number of nitrogens with zero attached hydrogens (tertiary/aromatic N) is 3. The molecule has 4 N–H and O–H groups in total. The summed E-state index contributed by atoms with van der Waals surface area (Å²) >= 11 is 0. The Kier molecular flexibility index (Phi) is 3.68. The lowest BCUT2D eigenvalue weighted by Crippen LogP contribution is -2.30. The van der Waals surface area contributed by atoms with Crippen LogP contribution in [-0.2, 0) is 6.18 Å². The minimum atomic E-state index is -5.01. The van der Waals surface area contributed by atoms with Crippen molar-refractivity contribution in [3.05, 3.63) is 33.7 Å². The zero-order chi connectivity index (χ0) is 14.8. The fourth-order valence-electron chi connectivity index (χ4n) is 1.24. The molecule has 0 aromatic carbocycles. The molecule has 19 heavy (non-hydrogen) atoms. The Morgan fingerprint density at radius 1 is 1.47 bits per heavy atom. The summed E-state index contributed by atoms with van der Waals surface area (Å²) in [6, 6.07) is 0.0693. The highest BCUT2D eigenvalue weighted by Crippen LogP contribution is 2.30. The number of carboxylic acid groups (broad SMARTS) is 1. The number of carboxylic acids is 1. The number of hydrogen-bond donors (Lipinski definition) is 3. The van der Waals surface area contributed by atoms with Gasteiger partial charge in [-0.3, -0.25) is 4.79 Å². The standard InChI is InChI=1S/C8H6F3N5O3/c9-8(10,11)4-1-5(17)16(7(14-12)15-13)2-3(4)6(18)19/h1-2,12H,13H2,(H,18,19). The van der Waals surface area contributed by atoms with Gasteiger partial charge in [0.2, 0.25) is 0 Å². The molecule has 0 fully saturated rings. The minimum absolute atomic E-state index is 0.0693. The first-order valence-electron chi connectivity index (χ1n) is 4.45. The van der Waals surface area contributed by atoms with Gasteiger partial charge in [-0.25, -0.2) is 14.9 Å². The first-order chi connectivity index (χ1) is 8.72. The maximum Gasteiger partial charge on any atom is 0.417 e. The lowest BCUT2D eigenvalue weighted by Gasteiger charge is -2.11. The number of carbonyl (C=O) groups is 1. The predicted octanol–water partition coefficient (Wildman–Crippen LogP) is 0.674. The molecule has 1 aromatic heterocycles. The lowest BCUT2D eigenvalue weighted by molar-refractivity contribution is -0.138. The smallest absolute Gasteiger partial charge is 0.417 e. The predicted molar refractivity (Wildman–Crippen MR) is 54.8 cm³/mol. The molecule has 0 atom stereocenters. The normalized spacial score (nSPS) is 12.3. The van der Waals surface area contributed by atoms with Crippen LogP contribution in [0.1, 0.15) is 15.9 Å². The van der Waals surface area contributed by atoms with Gasteiger partial charge in [-0.2, -0.15) is 13.2 Å². The fraction of sp³-hybridized carbons (Fsp3) is 0.125. The SMILES string of the molecule is N=NC(=NN)n1cc(C(=O)O)c(C(F)(F)F)cc1=O. The molecule has 0 spiro atoms. The molecular weight excluding hydrogens is 271 g/mol. The maximum atomic E-state index is 12.6. The molecule has 0 amide bonds. The summed E-state index contributed by atoms with van der Waals surface area (Å²) in [6.45, 7) is 0. The van der Waals surface area contributed by atoms with Crippen molar-refractivity contribution >= 4 is 11.9 Å². The molecular formula is C8H6F3N5O3. The summed E-state index contributed by atoms with van der Waals surface area (Å²) in [6.07, 6.45) is -4.65. The molecule has 1 heterocycles. The van der Waals surface area contributed by atoms with Crippen molar-refractivity contribution in [3.63, 3.8) is 0 Å². The average molecular weight is 277 g/mol. The van der Waals surface area contributed by atoms with Crippen LogP contribution in [0.15, 0.2) is 27.3 Å². The van der Waals surface area contributed by atoms with E-state index in [4.69, 9.17) is 16.5 Å². The van der Waals surface area contributed by atoms with Crippen LogP contribution in [0, 0.1) is 5.53 Å². The van der Waals surface area contributed by atoms with Gasteiger partial charge in [0.1, 0.15) is 0 Å². The van der Waals surface area contributed by atoms with Gasteiger partial charge in [-0.05, 0) is 0 Å². The van der Waals surface area contributed by atoms with E-state index >= 15 is 0 Å². The van der Waals surface area contributed by atoms with Gasteiger partial charge >= 0.3 is 12.1 Å². The van der Waals surface area contributed by atoms with Crippen LogP contribution in [0.5, 0.6) is 0 Å². The molecule has 102 valence electrons. The van der Waals surface area contributed by atoms with Gasteiger partial charge in [0.15, 0.2) is 0 Å². The highest BCUT2D eigenvalue weighted by atomic mass is 19.4. The Bertz CT molecular complexity index is 619. The number of halogens is 3. The molecule has 1 rings (SSSR count). The summed E-state index contributed by atoms with van der Waals surface area (Å²) < 4.78 is 38.0. The van der Waals surface area contributed by atoms with E-state index in [1.54, 1.807) is 0 Å². The second-order valence-electron chi connectivity index (χ2n) is 3.15. The quantitative estimate of drug-likeness (QED) is 0.228. The van der Waals surface area contributed by atoms with Crippen LogP contribution in [0.2, 0.25) is 0 Å². The van der Waals surface area contributed by atoms with Crippen LogP contribution < -0.4 is 11.4 Å². The zero-order valence-electron chi connectivity index (χ0n) is 8.97. The molecule has 0 aliphatic heterocycles. The van der Waals surface area contributed by atoms with E-state index in [2.05, 4.69) is 10.2 Å². The summed E-state index contributed by atoms with van der Waals surface area (Å²) in [4.78, 5) is 22.2. The first-order valence-corrected chi connectivity index (χ1v) is 4.45. The van der Waals surface area contributed by atoms with Crippen LogP contribution in [0.4, 0.5) is 13.2 Å². The Labute approximate surface area is 102 Å². The number of nitrogens with two attached hydrogens (primary N) is 1. The van der Waals surface area contributed by atoms with E-state index in [9.17, 15) is 22.8 Å². The topological polar surface area (TPSA) is 134 Å². The summed E-state index contributed by atoms with van der Waals surface area (Å²) in [5.74, 6) is 2.13. The third kappa shape index (κ3) is 2.75. The highest BCUT2D eigenvalue weighted by Gasteiger charge is 2.36. The average Bonchev–Trinajstić information content (AvgIpc) is 2.30. The molecule has 11 heteroatoms. The van der Waals surface area contributed by atoms with Gasteiger partial charge in [0.05, 0.1) is 11.1 Å². The maximum absolute atomic E-state index is 12.6. The number of hydrogen-bond acceptors (Lipinski definition) is 5. The van der Waals surface area contributed by atoms with Gasteiger partial charge in [-0.1, -0.05) is 0 Å². The zero-order valence-corrected chi connectivity index (χ0v) is 8.97. The summed E-state index contributed by atoms with van der Waals surface area (Å²) in [5, 5.41) is 14.3. The number of aromatic nitrogens is 1. The van der Waals surface area contributed by atoms with Gasteiger partial charge in [0, 0.05) is 12.3 Å². The van der Waals surface area contributed by atoms with Crippen molar-refractivity contribution in [2.75, 3.05) is 0 Å². The van der Waals surface area contributed by atoms with E-state index in [0.29, 0.717) is 10.8 Å². The monoisotopic (exact) mass is 277 g/mol. The minimum Gasteiger partial charge on any atom is -0.478 e. The number of aromatic carboxylic acids is 1. The van der Waals surface area contributed by atoms with Crippen molar-refractivity contribution in [1.29, 1.82) is 5.53 Å². The van der Waals surface area contributed by atoms with E-state index in [-0.39, 0.29) is 6.07 Å². The second-order valence-corrected chi connectivity index (χ2v) is 3.15. The van der Waals surface area contributed by atoms with E-state index in [1.807, 2.05) is 0 Å². The van der Waals surface area contributed by atoms with Crippen LogP contribution in [0.3, 0.4) is 0 Å². The highest BCUT2D eigenvalue weighted by molar-refractivity contribution is 5.91. The number of hydrazone groups is 1. The molecule has 8 nitrogen and oxygen atoms in total. The van der Waals surface area contributed by atoms with Gasteiger partial charge in [-0.15, -0.1) is 10.2 Å². The third-order valence-corrected chi connectivity index (χ3v) is 2.02. The molecule has 0 aliphatic rings. The Hall–Kier alpha value is -2.72. The van der Waals surface area contributed by atoms with Crippen molar-refractivity contribution in [2.45, 2.75) is 6.18 Å². The molecule has 0 saturated heterocycles. The van der Waals surface area contributed by atoms with Crippen molar-refractivity contribution in [1.82, 2.24) is 4.57 Å². The second kappa shape index (κ2) is 4.88. The summed E-state index contributed by atoms with van der Waals surface area (Å²) in [5.41, 5.74) is 2.57.